The van der Waals surface area contributed by atoms with Crippen molar-refractivity contribution in [3.63, 3.8) is 0 Å². The molecule has 2 N–H and O–H groups in total. The zero-order valence-electron chi connectivity index (χ0n) is 22.7. The molecule has 1 aromatic rings. The summed E-state index contributed by atoms with van der Waals surface area (Å²) >= 11 is 0. The molecule has 7 heteroatoms. The number of carbonyl (C=O) groups is 3. The number of anilines is 1. The lowest BCUT2D eigenvalue weighted by atomic mass is 10.1. The monoisotopic (exact) mass is 501 g/mol. The quantitative estimate of drug-likeness (QED) is 0.139. The Morgan fingerprint density at radius 1 is 0.917 bits per heavy atom. The Bertz CT molecular complexity index is 790. The zero-order valence-corrected chi connectivity index (χ0v) is 22.7. The van der Waals surface area contributed by atoms with Crippen molar-refractivity contribution in [2.24, 2.45) is 0 Å². The molecule has 0 saturated heterocycles. The fourth-order valence-corrected chi connectivity index (χ4v) is 3.76. The summed E-state index contributed by atoms with van der Waals surface area (Å²) in [5.41, 5.74) is 1.43. The van der Waals surface area contributed by atoms with E-state index in [-0.39, 0.29) is 30.6 Å². The molecule has 0 spiro atoms. The Morgan fingerprint density at radius 2 is 1.61 bits per heavy atom. The average Bonchev–Trinajstić information content (AvgIpc) is 2.88. The van der Waals surface area contributed by atoms with E-state index in [9.17, 15) is 14.4 Å². The molecule has 202 valence electrons. The second-order valence-corrected chi connectivity index (χ2v) is 9.02. The highest BCUT2D eigenvalue weighted by Gasteiger charge is 2.09. The van der Waals surface area contributed by atoms with E-state index in [0.29, 0.717) is 25.4 Å². The second-order valence-electron chi connectivity index (χ2n) is 9.02. The molecule has 0 unspecified atom stereocenters. The first-order valence-electron chi connectivity index (χ1n) is 13.7. The number of hydrogen-bond acceptors (Lipinski definition) is 5. The predicted octanol–water partition coefficient (Wildman–Crippen LogP) is 5.56. The van der Waals surface area contributed by atoms with Crippen molar-refractivity contribution >= 4 is 29.5 Å². The minimum absolute atomic E-state index is 0.0444. The Labute approximate surface area is 218 Å². The van der Waals surface area contributed by atoms with Crippen LogP contribution in [-0.4, -0.2) is 55.5 Å². The number of nitrogens with one attached hydrogen (secondary N) is 2. The first kappa shape index (κ1) is 31.4. The van der Waals surface area contributed by atoms with E-state index in [4.69, 9.17) is 4.74 Å². The molecule has 0 aliphatic heterocycles. The SMILES string of the molecule is CCCCCCCCCCNC(=O)C=Cc1cccc(NC(=O)CCC(=O)OCCN(CC)CC)c1. The Kier molecular flexibility index (Phi) is 17.9. The second kappa shape index (κ2) is 20.5. The minimum Gasteiger partial charge on any atom is -0.464 e. The van der Waals surface area contributed by atoms with E-state index in [2.05, 4.69) is 36.3 Å². The number of esters is 1. The summed E-state index contributed by atoms with van der Waals surface area (Å²) in [5, 5.41) is 5.72. The Hall–Kier alpha value is -2.67. The molecule has 0 fully saturated rings. The number of unbranched alkanes of at least 4 members (excludes halogenated alkanes) is 7. The molecule has 7 nitrogen and oxygen atoms in total. The lowest BCUT2D eigenvalue weighted by Gasteiger charge is -2.17. The highest BCUT2D eigenvalue weighted by molar-refractivity contribution is 5.94. The van der Waals surface area contributed by atoms with Crippen LogP contribution in [0.15, 0.2) is 30.3 Å². The molecule has 1 rings (SSSR count). The summed E-state index contributed by atoms with van der Waals surface area (Å²) in [5.74, 6) is -0.737. The van der Waals surface area contributed by atoms with Gasteiger partial charge in [-0.3, -0.25) is 14.4 Å². The molecule has 2 amide bonds. The topological polar surface area (TPSA) is 87.7 Å². The van der Waals surface area contributed by atoms with Crippen LogP contribution in [0.4, 0.5) is 5.69 Å². The molecule has 0 bridgehead atoms. The van der Waals surface area contributed by atoms with E-state index in [1.807, 2.05) is 12.1 Å². The van der Waals surface area contributed by atoms with Crippen LogP contribution < -0.4 is 10.6 Å². The van der Waals surface area contributed by atoms with Crippen molar-refractivity contribution in [2.75, 3.05) is 38.1 Å². The normalized spacial score (nSPS) is 11.1. The van der Waals surface area contributed by atoms with Gasteiger partial charge in [0.1, 0.15) is 6.61 Å². The van der Waals surface area contributed by atoms with Gasteiger partial charge in [0, 0.05) is 31.3 Å². The third-order valence-corrected chi connectivity index (χ3v) is 6.05. The van der Waals surface area contributed by atoms with Crippen LogP contribution in [0.25, 0.3) is 6.08 Å². The van der Waals surface area contributed by atoms with Gasteiger partial charge in [-0.1, -0.05) is 77.8 Å². The maximum atomic E-state index is 12.2. The molecular formula is C29H47N3O4. The number of amides is 2. The fraction of sp³-hybridized carbons (Fsp3) is 0.621. The lowest BCUT2D eigenvalue weighted by molar-refractivity contribution is -0.145. The number of nitrogens with zero attached hydrogens (tertiary/aromatic N) is 1. The highest BCUT2D eigenvalue weighted by Crippen LogP contribution is 2.13. The summed E-state index contributed by atoms with van der Waals surface area (Å²) < 4.78 is 5.21. The van der Waals surface area contributed by atoms with E-state index in [0.717, 1.165) is 31.5 Å². The highest BCUT2D eigenvalue weighted by atomic mass is 16.5. The standard InChI is InChI=1S/C29H47N3O4/c1-4-7-8-9-10-11-12-13-21-30-27(33)18-17-25-15-14-16-26(24-25)31-28(34)19-20-29(35)36-23-22-32(5-2)6-3/h14-18,24H,4-13,19-23H2,1-3H3,(H,30,33)(H,31,34). The molecule has 0 aromatic heterocycles. The smallest absolute Gasteiger partial charge is 0.306 e. The summed E-state index contributed by atoms with van der Waals surface area (Å²) in [6.45, 7) is 9.90. The third-order valence-electron chi connectivity index (χ3n) is 6.05. The van der Waals surface area contributed by atoms with Gasteiger partial charge >= 0.3 is 5.97 Å². The van der Waals surface area contributed by atoms with Gasteiger partial charge in [-0.2, -0.15) is 0 Å². The number of likely N-dealkylation sites (N-methyl/N-ethyl adjacent to an activating group) is 1. The van der Waals surface area contributed by atoms with Crippen LogP contribution in [0.5, 0.6) is 0 Å². The van der Waals surface area contributed by atoms with Gasteiger partial charge in [0.25, 0.3) is 0 Å². The number of benzene rings is 1. The van der Waals surface area contributed by atoms with Gasteiger partial charge in [0.2, 0.25) is 11.8 Å². The number of hydrogen-bond donors (Lipinski definition) is 2. The van der Waals surface area contributed by atoms with E-state index in [1.165, 1.54) is 44.6 Å². The average molecular weight is 502 g/mol. The number of carbonyl (C=O) groups excluding carboxylic acids is 3. The predicted molar refractivity (Wildman–Crippen MR) is 148 cm³/mol. The summed E-state index contributed by atoms with van der Waals surface area (Å²) in [4.78, 5) is 38.3. The first-order chi connectivity index (χ1) is 17.5. The van der Waals surface area contributed by atoms with Crippen LogP contribution in [0, 0.1) is 0 Å². The van der Waals surface area contributed by atoms with Gasteiger partial charge in [-0.25, -0.2) is 0 Å². The summed E-state index contributed by atoms with van der Waals surface area (Å²) in [6, 6.07) is 7.25. The Morgan fingerprint density at radius 3 is 2.31 bits per heavy atom. The van der Waals surface area contributed by atoms with Crippen LogP contribution in [0.3, 0.4) is 0 Å². The zero-order chi connectivity index (χ0) is 26.4. The van der Waals surface area contributed by atoms with Crippen molar-refractivity contribution in [3.05, 3.63) is 35.9 Å². The van der Waals surface area contributed by atoms with E-state index >= 15 is 0 Å². The van der Waals surface area contributed by atoms with Crippen LogP contribution in [-0.2, 0) is 19.1 Å². The van der Waals surface area contributed by atoms with Gasteiger partial charge in [0.05, 0.1) is 6.42 Å². The maximum Gasteiger partial charge on any atom is 0.306 e. The van der Waals surface area contributed by atoms with Crippen molar-refractivity contribution in [3.8, 4) is 0 Å². The van der Waals surface area contributed by atoms with Crippen molar-refractivity contribution in [1.82, 2.24) is 10.2 Å². The molecule has 0 radical (unpaired) electrons. The number of ether oxygens (including phenoxy) is 1. The van der Waals surface area contributed by atoms with E-state index < -0.39 is 0 Å². The molecular weight excluding hydrogens is 454 g/mol. The van der Waals surface area contributed by atoms with Crippen LogP contribution >= 0.6 is 0 Å². The Balaban J connectivity index is 2.27. The largest absolute Gasteiger partial charge is 0.464 e. The van der Waals surface area contributed by atoms with E-state index in [1.54, 1.807) is 18.2 Å². The number of rotatable bonds is 20. The van der Waals surface area contributed by atoms with Crippen LogP contribution in [0.1, 0.15) is 90.5 Å². The summed E-state index contributed by atoms with van der Waals surface area (Å²) in [7, 11) is 0. The van der Waals surface area contributed by atoms with Gasteiger partial charge in [-0.05, 0) is 43.3 Å². The first-order valence-corrected chi connectivity index (χ1v) is 13.7. The van der Waals surface area contributed by atoms with Gasteiger partial charge in [-0.15, -0.1) is 0 Å². The molecule has 0 saturated carbocycles. The molecule has 0 aliphatic rings. The third kappa shape index (κ3) is 16.1. The molecule has 0 atom stereocenters. The fourth-order valence-electron chi connectivity index (χ4n) is 3.76. The molecule has 0 heterocycles. The van der Waals surface area contributed by atoms with Gasteiger partial charge < -0.3 is 20.3 Å². The molecule has 36 heavy (non-hydrogen) atoms. The maximum absolute atomic E-state index is 12.2. The molecule has 1 aromatic carbocycles. The minimum atomic E-state index is -0.369. The van der Waals surface area contributed by atoms with Gasteiger partial charge in [0.15, 0.2) is 0 Å². The lowest BCUT2D eigenvalue weighted by Crippen LogP contribution is -2.28. The van der Waals surface area contributed by atoms with Crippen molar-refractivity contribution < 1.29 is 19.1 Å². The molecule has 0 aliphatic carbocycles. The summed E-state index contributed by atoms with van der Waals surface area (Å²) in [6.07, 6.45) is 13.2. The van der Waals surface area contributed by atoms with Crippen molar-refractivity contribution in [1.29, 1.82) is 0 Å². The van der Waals surface area contributed by atoms with Crippen LogP contribution in [0.2, 0.25) is 0 Å². The van der Waals surface area contributed by atoms with Crippen molar-refractivity contribution in [2.45, 2.75) is 85.0 Å².